The summed E-state index contributed by atoms with van der Waals surface area (Å²) in [6.45, 7) is 0. The number of carbonyl (C=O) groups is 2. The molecule has 0 fully saturated rings. The number of amides is 2. The van der Waals surface area contributed by atoms with Gasteiger partial charge in [-0.25, -0.2) is 14.3 Å². The van der Waals surface area contributed by atoms with Crippen molar-refractivity contribution < 1.29 is 14.3 Å². The summed E-state index contributed by atoms with van der Waals surface area (Å²) in [5.74, 6) is 0.164. The van der Waals surface area contributed by atoms with Crippen molar-refractivity contribution >= 4 is 29.0 Å². The molecule has 4 aromatic rings. The Balaban J connectivity index is 1.63. The maximum Gasteiger partial charge on any atom is 0.412 e. The van der Waals surface area contributed by atoms with E-state index in [1.165, 1.54) is 12.0 Å². The number of nitriles is 1. The Morgan fingerprint density at radius 1 is 1.12 bits per heavy atom. The van der Waals surface area contributed by atoms with Crippen LogP contribution in [0.5, 0.6) is 0 Å². The summed E-state index contributed by atoms with van der Waals surface area (Å²) in [7, 11) is 2.96. The highest BCUT2D eigenvalue weighted by Crippen LogP contribution is 2.26. The van der Waals surface area contributed by atoms with Gasteiger partial charge in [-0.05, 0) is 48.5 Å². The van der Waals surface area contributed by atoms with E-state index in [4.69, 9.17) is 5.26 Å². The molecular weight excluding hydrogens is 408 g/mol. The zero-order chi connectivity index (χ0) is 22.7. The zero-order valence-electron chi connectivity index (χ0n) is 17.3. The molecule has 0 spiro atoms. The van der Waals surface area contributed by atoms with E-state index >= 15 is 0 Å². The van der Waals surface area contributed by atoms with Gasteiger partial charge in [-0.15, -0.1) is 0 Å². The van der Waals surface area contributed by atoms with Crippen LogP contribution in [-0.4, -0.2) is 40.8 Å². The second kappa shape index (κ2) is 8.57. The minimum Gasteiger partial charge on any atom is -0.453 e. The van der Waals surface area contributed by atoms with Gasteiger partial charge >= 0.3 is 6.09 Å². The van der Waals surface area contributed by atoms with E-state index < -0.39 is 6.09 Å². The molecule has 2 amide bonds. The van der Waals surface area contributed by atoms with Gasteiger partial charge in [0.05, 0.1) is 30.5 Å². The van der Waals surface area contributed by atoms with Crippen molar-refractivity contribution in [3.8, 4) is 17.2 Å². The van der Waals surface area contributed by atoms with Gasteiger partial charge in [-0.2, -0.15) is 10.4 Å². The van der Waals surface area contributed by atoms with E-state index in [0.717, 1.165) is 16.6 Å². The van der Waals surface area contributed by atoms with Gasteiger partial charge in [0.2, 0.25) is 0 Å². The molecule has 0 aliphatic heterocycles. The number of carbonyl (C=O) groups excluding carboxylic acids is 2. The molecule has 0 bridgehead atoms. The Kier molecular flexibility index (Phi) is 5.51. The molecule has 0 saturated heterocycles. The third-order valence-electron chi connectivity index (χ3n) is 4.95. The van der Waals surface area contributed by atoms with Crippen LogP contribution in [-0.2, 0) is 4.74 Å². The molecule has 0 aliphatic rings. The lowest BCUT2D eigenvalue weighted by Crippen LogP contribution is -2.26. The first kappa shape index (κ1) is 20.6. The van der Waals surface area contributed by atoms with Gasteiger partial charge < -0.3 is 9.64 Å². The Labute approximate surface area is 183 Å². The number of methoxy groups -OCH3 is 1. The van der Waals surface area contributed by atoms with Crippen molar-refractivity contribution in [2.75, 3.05) is 24.4 Å². The lowest BCUT2D eigenvalue weighted by atomic mass is 10.1. The van der Waals surface area contributed by atoms with Gasteiger partial charge in [0.15, 0.2) is 0 Å². The monoisotopic (exact) mass is 426 g/mol. The van der Waals surface area contributed by atoms with E-state index in [9.17, 15) is 9.59 Å². The Hall–Kier alpha value is -4.71. The number of nitrogens with zero attached hydrogens (tertiary/aromatic N) is 5. The van der Waals surface area contributed by atoms with Crippen LogP contribution in [0.1, 0.15) is 15.9 Å². The van der Waals surface area contributed by atoms with Gasteiger partial charge in [0, 0.05) is 41.8 Å². The van der Waals surface area contributed by atoms with Crippen LogP contribution in [0.4, 0.5) is 16.3 Å². The fraction of sp³-hybridized carbons (Fsp3) is 0.0870. The van der Waals surface area contributed by atoms with Crippen molar-refractivity contribution in [1.82, 2.24) is 14.6 Å². The third kappa shape index (κ3) is 3.97. The maximum absolute atomic E-state index is 13.1. The van der Waals surface area contributed by atoms with Crippen LogP contribution in [0.3, 0.4) is 0 Å². The van der Waals surface area contributed by atoms with Crippen molar-refractivity contribution in [2.24, 2.45) is 0 Å². The van der Waals surface area contributed by atoms with Crippen LogP contribution < -0.4 is 10.2 Å². The smallest absolute Gasteiger partial charge is 0.412 e. The number of benzene rings is 1. The molecule has 9 heteroatoms. The first-order valence-corrected chi connectivity index (χ1v) is 9.57. The first-order chi connectivity index (χ1) is 15.5. The van der Waals surface area contributed by atoms with Gasteiger partial charge in [0.1, 0.15) is 5.82 Å². The molecule has 32 heavy (non-hydrogen) atoms. The van der Waals surface area contributed by atoms with Gasteiger partial charge in [-0.1, -0.05) is 0 Å². The zero-order valence-corrected chi connectivity index (χ0v) is 17.3. The number of pyridine rings is 2. The van der Waals surface area contributed by atoms with Crippen LogP contribution in [0.25, 0.3) is 16.6 Å². The fourth-order valence-corrected chi connectivity index (χ4v) is 3.19. The van der Waals surface area contributed by atoms with Crippen LogP contribution >= 0.6 is 0 Å². The highest BCUT2D eigenvalue weighted by Gasteiger charge is 2.16. The maximum atomic E-state index is 13.1. The number of rotatable bonds is 4. The molecule has 1 N–H and O–H groups in total. The number of aromatic nitrogens is 3. The second-order valence-corrected chi connectivity index (χ2v) is 6.88. The highest BCUT2D eigenvalue weighted by atomic mass is 16.5. The average molecular weight is 426 g/mol. The van der Waals surface area contributed by atoms with Crippen LogP contribution in [0.15, 0.2) is 67.1 Å². The molecule has 0 atom stereocenters. The standard InChI is InChI=1S/C23H18N6O3/c1-28(18-6-3-15(12-24)4-7-18)22(30)16-9-10-29-20(11-16)19(14-26-29)17-5-8-21(25-13-17)27-23(31)32-2/h3-11,13-14H,1-2H3,(H,25,27,31). The lowest BCUT2D eigenvalue weighted by Gasteiger charge is -2.17. The van der Waals surface area contributed by atoms with Crippen molar-refractivity contribution in [3.05, 3.63) is 78.2 Å². The molecule has 4 rings (SSSR count). The van der Waals surface area contributed by atoms with Crippen molar-refractivity contribution in [3.63, 3.8) is 0 Å². The number of hydrogen-bond donors (Lipinski definition) is 1. The molecule has 3 heterocycles. The van der Waals surface area contributed by atoms with E-state index in [0.29, 0.717) is 22.6 Å². The molecule has 3 aromatic heterocycles. The second-order valence-electron chi connectivity index (χ2n) is 6.88. The number of anilines is 2. The number of nitrogens with one attached hydrogen (secondary N) is 1. The Bertz CT molecular complexity index is 1340. The summed E-state index contributed by atoms with van der Waals surface area (Å²) in [5.41, 5.74) is 4.00. The Morgan fingerprint density at radius 2 is 1.91 bits per heavy atom. The Morgan fingerprint density at radius 3 is 2.56 bits per heavy atom. The van der Waals surface area contributed by atoms with Crippen molar-refractivity contribution in [2.45, 2.75) is 0 Å². The molecule has 0 unspecified atom stereocenters. The number of ether oxygens (including phenoxy) is 1. The average Bonchev–Trinajstić information content (AvgIpc) is 3.27. The quantitative estimate of drug-likeness (QED) is 0.532. The highest BCUT2D eigenvalue weighted by molar-refractivity contribution is 6.06. The third-order valence-corrected chi connectivity index (χ3v) is 4.95. The minimum absolute atomic E-state index is 0.194. The lowest BCUT2D eigenvalue weighted by molar-refractivity contribution is 0.0993. The fourth-order valence-electron chi connectivity index (χ4n) is 3.19. The summed E-state index contributed by atoms with van der Waals surface area (Å²) < 4.78 is 6.23. The number of fused-ring (bicyclic) bond motifs is 1. The minimum atomic E-state index is -0.601. The predicted molar refractivity (Wildman–Crippen MR) is 118 cm³/mol. The summed E-state index contributed by atoms with van der Waals surface area (Å²) in [6.07, 6.45) is 4.42. The molecule has 1 aromatic carbocycles. The SMILES string of the molecule is COC(=O)Nc1ccc(-c2cnn3ccc(C(=O)N(C)c4ccc(C#N)cc4)cc23)cn1. The van der Waals surface area contributed by atoms with E-state index in [1.54, 1.807) is 78.7 Å². The van der Waals surface area contributed by atoms with E-state index in [2.05, 4.69) is 26.2 Å². The molecular formula is C23H18N6O3. The van der Waals surface area contributed by atoms with Gasteiger partial charge in [-0.3, -0.25) is 10.1 Å². The molecule has 0 radical (unpaired) electrons. The summed E-state index contributed by atoms with van der Waals surface area (Å²) in [5, 5.41) is 15.8. The predicted octanol–water partition coefficient (Wildman–Crippen LogP) is 3.72. The number of hydrogen-bond acceptors (Lipinski definition) is 6. The van der Waals surface area contributed by atoms with Gasteiger partial charge in [0.25, 0.3) is 5.91 Å². The van der Waals surface area contributed by atoms with Crippen LogP contribution in [0, 0.1) is 11.3 Å². The molecule has 0 saturated carbocycles. The topological polar surface area (TPSA) is 113 Å². The summed E-state index contributed by atoms with van der Waals surface area (Å²) in [4.78, 5) is 30.1. The summed E-state index contributed by atoms with van der Waals surface area (Å²) in [6, 6.07) is 15.8. The van der Waals surface area contributed by atoms with Crippen LogP contribution in [0.2, 0.25) is 0 Å². The van der Waals surface area contributed by atoms with E-state index in [-0.39, 0.29) is 5.91 Å². The molecule has 158 valence electrons. The van der Waals surface area contributed by atoms with E-state index in [1.807, 2.05) is 0 Å². The molecule has 9 nitrogen and oxygen atoms in total. The molecule has 0 aliphatic carbocycles. The first-order valence-electron chi connectivity index (χ1n) is 9.57. The summed E-state index contributed by atoms with van der Waals surface area (Å²) >= 11 is 0. The van der Waals surface area contributed by atoms with Crippen molar-refractivity contribution in [1.29, 1.82) is 5.26 Å². The normalized spacial score (nSPS) is 10.4. The largest absolute Gasteiger partial charge is 0.453 e.